The number of esters is 1. The number of benzene rings is 2. The third-order valence-electron chi connectivity index (χ3n) is 3.78. The van der Waals surface area contributed by atoms with E-state index in [4.69, 9.17) is 14.6 Å². The smallest absolute Gasteiger partial charge is 0.342 e. The Morgan fingerprint density at radius 3 is 2.50 bits per heavy atom. The molecule has 0 aliphatic heterocycles. The Bertz CT molecular complexity index is 993. The number of methoxy groups -OCH3 is 1. The van der Waals surface area contributed by atoms with E-state index in [9.17, 15) is 22.4 Å². The maximum Gasteiger partial charge on any atom is 0.342 e. The maximum atomic E-state index is 13.2. The van der Waals surface area contributed by atoms with Gasteiger partial charge in [-0.2, -0.15) is 0 Å². The van der Waals surface area contributed by atoms with Crippen LogP contribution in [0, 0.1) is 5.82 Å². The molecule has 1 amide bonds. The van der Waals surface area contributed by atoms with E-state index in [1.165, 1.54) is 49.4 Å². The Labute approximate surface area is 161 Å². The van der Waals surface area contributed by atoms with Crippen LogP contribution < -0.4 is 9.88 Å². The summed E-state index contributed by atoms with van der Waals surface area (Å²) in [5.41, 5.74) is 0.388. The lowest BCUT2D eigenvalue weighted by Crippen LogP contribution is -2.31. The molecule has 2 N–H and O–H groups in total. The molecular weight excluding hydrogens is 391 g/mol. The van der Waals surface area contributed by atoms with E-state index in [-0.39, 0.29) is 22.8 Å². The number of rotatable bonds is 7. The summed E-state index contributed by atoms with van der Waals surface area (Å²) in [4.78, 5) is 25.4. The molecule has 150 valence electrons. The monoisotopic (exact) mass is 410 g/mol. The molecule has 0 saturated carbocycles. The SMILES string of the molecule is COc1ccc(S(N)(=O)=O)cc1C(=O)OCC(=O)N(C)Cc1cccc(F)c1. The minimum atomic E-state index is -4.04. The van der Waals surface area contributed by atoms with E-state index in [1.807, 2.05) is 0 Å². The number of hydrogen-bond donors (Lipinski definition) is 1. The van der Waals surface area contributed by atoms with E-state index in [0.717, 1.165) is 6.07 Å². The number of likely N-dealkylation sites (N-methyl/N-ethyl adjacent to an activating group) is 1. The summed E-state index contributed by atoms with van der Waals surface area (Å²) in [6, 6.07) is 9.21. The van der Waals surface area contributed by atoms with Crippen molar-refractivity contribution in [1.29, 1.82) is 0 Å². The fourth-order valence-corrected chi connectivity index (χ4v) is 2.88. The molecule has 0 radical (unpaired) electrons. The molecule has 2 aromatic rings. The molecule has 0 bridgehead atoms. The first kappa shape index (κ1) is 21.3. The molecule has 0 heterocycles. The highest BCUT2D eigenvalue weighted by Crippen LogP contribution is 2.22. The zero-order valence-corrected chi connectivity index (χ0v) is 16.0. The quantitative estimate of drug-likeness (QED) is 0.688. The van der Waals surface area contributed by atoms with Crippen molar-refractivity contribution in [3.8, 4) is 5.75 Å². The van der Waals surface area contributed by atoms with Crippen LogP contribution >= 0.6 is 0 Å². The zero-order chi connectivity index (χ0) is 20.9. The van der Waals surface area contributed by atoms with Crippen LogP contribution in [-0.2, 0) is 26.1 Å². The van der Waals surface area contributed by atoms with Gasteiger partial charge in [0.25, 0.3) is 5.91 Å². The second-order valence-electron chi connectivity index (χ2n) is 5.86. The number of halogens is 1. The van der Waals surface area contributed by atoms with Crippen LogP contribution in [0.1, 0.15) is 15.9 Å². The highest BCUT2D eigenvalue weighted by Gasteiger charge is 2.20. The topological polar surface area (TPSA) is 116 Å². The molecule has 2 rings (SSSR count). The number of hydrogen-bond acceptors (Lipinski definition) is 6. The predicted octanol–water partition coefficient (Wildman–Crippen LogP) is 1.30. The largest absolute Gasteiger partial charge is 0.496 e. The molecule has 0 fully saturated rings. The number of nitrogens with zero attached hydrogens (tertiary/aromatic N) is 1. The first-order valence-electron chi connectivity index (χ1n) is 7.98. The number of sulfonamides is 1. The first-order valence-corrected chi connectivity index (χ1v) is 9.53. The van der Waals surface area contributed by atoms with Crippen molar-refractivity contribution in [1.82, 2.24) is 4.90 Å². The van der Waals surface area contributed by atoms with Crippen LogP contribution in [0.15, 0.2) is 47.4 Å². The zero-order valence-electron chi connectivity index (χ0n) is 15.2. The molecule has 10 heteroatoms. The van der Waals surface area contributed by atoms with Crippen molar-refractivity contribution in [2.24, 2.45) is 5.14 Å². The van der Waals surface area contributed by atoms with Gasteiger partial charge in [-0.1, -0.05) is 12.1 Å². The van der Waals surface area contributed by atoms with Crippen LogP contribution in [-0.4, -0.2) is 46.0 Å². The van der Waals surface area contributed by atoms with Gasteiger partial charge < -0.3 is 14.4 Å². The van der Waals surface area contributed by atoms with Crippen LogP contribution in [0.3, 0.4) is 0 Å². The maximum absolute atomic E-state index is 13.2. The summed E-state index contributed by atoms with van der Waals surface area (Å²) >= 11 is 0. The van der Waals surface area contributed by atoms with Gasteiger partial charge in [0, 0.05) is 13.6 Å². The molecule has 28 heavy (non-hydrogen) atoms. The Morgan fingerprint density at radius 2 is 1.89 bits per heavy atom. The van der Waals surface area contributed by atoms with Crippen LogP contribution in [0.25, 0.3) is 0 Å². The fourth-order valence-electron chi connectivity index (χ4n) is 2.34. The van der Waals surface area contributed by atoms with Gasteiger partial charge in [-0.15, -0.1) is 0 Å². The van der Waals surface area contributed by atoms with E-state index in [1.54, 1.807) is 6.07 Å². The Morgan fingerprint density at radius 1 is 1.18 bits per heavy atom. The molecule has 8 nitrogen and oxygen atoms in total. The normalized spacial score (nSPS) is 11.0. The van der Waals surface area contributed by atoms with Crippen LogP contribution in [0.5, 0.6) is 5.75 Å². The van der Waals surface area contributed by atoms with Gasteiger partial charge >= 0.3 is 5.97 Å². The second kappa shape index (κ2) is 8.81. The number of carbonyl (C=O) groups is 2. The summed E-state index contributed by atoms with van der Waals surface area (Å²) in [6.45, 7) is -0.466. The highest BCUT2D eigenvalue weighted by molar-refractivity contribution is 7.89. The average molecular weight is 410 g/mol. The molecule has 0 saturated heterocycles. The van der Waals surface area contributed by atoms with Crippen molar-refractivity contribution >= 4 is 21.9 Å². The second-order valence-corrected chi connectivity index (χ2v) is 7.42. The average Bonchev–Trinajstić information content (AvgIpc) is 2.64. The molecule has 0 aliphatic rings. The number of ether oxygens (including phenoxy) is 2. The summed E-state index contributed by atoms with van der Waals surface area (Å²) in [5.74, 6) is -1.83. The lowest BCUT2D eigenvalue weighted by molar-refractivity contribution is -0.133. The van der Waals surface area contributed by atoms with Gasteiger partial charge in [-0.05, 0) is 35.9 Å². The third-order valence-corrected chi connectivity index (χ3v) is 4.69. The van der Waals surface area contributed by atoms with E-state index in [0.29, 0.717) is 5.56 Å². The molecule has 0 aromatic heterocycles. The molecule has 0 spiro atoms. The fraction of sp³-hybridized carbons (Fsp3) is 0.222. The Kier molecular flexibility index (Phi) is 6.71. The van der Waals surface area contributed by atoms with Gasteiger partial charge in [0.05, 0.1) is 12.0 Å². The molecule has 2 aromatic carbocycles. The third kappa shape index (κ3) is 5.51. The Balaban J connectivity index is 2.05. The van der Waals surface area contributed by atoms with Crippen molar-refractivity contribution in [3.63, 3.8) is 0 Å². The summed E-state index contributed by atoms with van der Waals surface area (Å²) < 4.78 is 46.1. The molecule has 0 atom stereocenters. The lowest BCUT2D eigenvalue weighted by atomic mass is 10.2. The Hall–Kier alpha value is -2.98. The lowest BCUT2D eigenvalue weighted by Gasteiger charge is -2.17. The van der Waals surface area contributed by atoms with Crippen LogP contribution in [0.4, 0.5) is 4.39 Å². The molecular formula is C18H19FN2O6S. The minimum Gasteiger partial charge on any atom is -0.496 e. The minimum absolute atomic E-state index is 0.0676. The highest BCUT2D eigenvalue weighted by atomic mass is 32.2. The van der Waals surface area contributed by atoms with Crippen molar-refractivity contribution in [3.05, 3.63) is 59.4 Å². The van der Waals surface area contributed by atoms with Gasteiger partial charge in [0.2, 0.25) is 10.0 Å². The number of carbonyl (C=O) groups excluding carboxylic acids is 2. The van der Waals surface area contributed by atoms with Gasteiger partial charge in [0.1, 0.15) is 17.1 Å². The number of nitrogens with two attached hydrogens (primary N) is 1. The van der Waals surface area contributed by atoms with Crippen molar-refractivity contribution < 1.29 is 31.9 Å². The van der Waals surface area contributed by atoms with Gasteiger partial charge in [-0.25, -0.2) is 22.7 Å². The summed E-state index contributed by atoms with van der Waals surface area (Å²) in [5, 5.41) is 5.05. The number of primary sulfonamides is 1. The summed E-state index contributed by atoms with van der Waals surface area (Å²) in [6.07, 6.45) is 0. The van der Waals surface area contributed by atoms with Gasteiger partial charge in [0.15, 0.2) is 6.61 Å². The summed E-state index contributed by atoms with van der Waals surface area (Å²) in [7, 11) is -1.27. The van der Waals surface area contributed by atoms with Crippen LogP contribution in [0.2, 0.25) is 0 Å². The van der Waals surface area contributed by atoms with E-state index in [2.05, 4.69) is 0 Å². The van der Waals surface area contributed by atoms with E-state index >= 15 is 0 Å². The molecule has 0 aliphatic carbocycles. The van der Waals surface area contributed by atoms with E-state index < -0.39 is 34.3 Å². The van der Waals surface area contributed by atoms with Crippen molar-refractivity contribution in [2.45, 2.75) is 11.4 Å². The number of amides is 1. The first-order chi connectivity index (χ1) is 13.1. The standard InChI is InChI=1S/C18H19FN2O6S/c1-21(10-12-4-3-5-13(19)8-12)17(22)11-27-18(23)15-9-14(28(20,24)25)6-7-16(15)26-2/h3-9H,10-11H2,1-2H3,(H2,20,24,25). The molecule has 0 unspecified atom stereocenters. The predicted molar refractivity (Wildman–Crippen MR) is 97.5 cm³/mol. The van der Waals surface area contributed by atoms with Gasteiger partial charge in [-0.3, -0.25) is 4.79 Å². The van der Waals surface area contributed by atoms with Crippen molar-refractivity contribution in [2.75, 3.05) is 20.8 Å².